The maximum absolute atomic E-state index is 12.0. The monoisotopic (exact) mass is 458 g/mol. The molecule has 1 aliphatic rings. The number of aromatic nitrogens is 2. The molecule has 9 nitrogen and oxygen atoms in total. The number of aromatic amines is 1. The van der Waals surface area contributed by atoms with Gasteiger partial charge in [0.1, 0.15) is 28.2 Å². The van der Waals surface area contributed by atoms with Gasteiger partial charge in [0.05, 0.1) is 12.2 Å². The smallest absolute Gasteiger partial charge is 0.330 e. The summed E-state index contributed by atoms with van der Waals surface area (Å²) in [6.07, 6.45) is -4.59. The molecule has 4 N–H and O–H groups in total. The van der Waals surface area contributed by atoms with E-state index in [0.717, 1.165) is 4.57 Å². The van der Waals surface area contributed by atoms with Crippen LogP contribution in [0, 0.1) is 0 Å². The Kier molecular flexibility index (Phi) is 6.16. The molecule has 0 saturated carbocycles. The Hall–Kier alpha value is -0.560. The van der Waals surface area contributed by atoms with Crippen LogP contribution in [0.4, 0.5) is 0 Å². The number of alkyl halides is 2. The largest absolute Gasteiger partial charge is 0.394 e. The van der Waals surface area contributed by atoms with Crippen molar-refractivity contribution in [2.45, 2.75) is 34.4 Å². The molecule has 1 saturated heterocycles. The molecular formula is C12H16Br2N2O7. The van der Waals surface area contributed by atoms with Crippen LogP contribution >= 0.6 is 31.9 Å². The van der Waals surface area contributed by atoms with E-state index in [2.05, 4.69) is 36.8 Å². The van der Waals surface area contributed by atoms with Gasteiger partial charge in [0, 0.05) is 13.3 Å². The molecule has 2 rings (SSSR count). The molecule has 0 aromatic carbocycles. The molecule has 0 amide bonds. The molecule has 0 spiro atoms. The highest BCUT2D eigenvalue weighted by molar-refractivity contribution is 9.24. The number of aliphatic hydroxyl groups is 3. The molecule has 0 aliphatic carbocycles. The van der Waals surface area contributed by atoms with E-state index in [-0.39, 0.29) is 5.56 Å². The second kappa shape index (κ2) is 7.55. The van der Waals surface area contributed by atoms with E-state index < -0.39 is 52.2 Å². The lowest BCUT2D eigenvalue weighted by atomic mass is 10.1. The van der Waals surface area contributed by atoms with Gasteiger partial charge in [-0.15, -0.1) is 0 Å². The first kappa shape index (κ1) is 18.8. The highest BCUT2D eigenvalue weighted by atomic mass is 79.9. The predicted octanol–water partition coefficient (Wildman–Crippen LogP) is -1.05. The van der Waals surface area contributed by atoms with Crippen LogP contribution in [0.3, 0.4) is 0 Å². The third-order valence-corrected chi connectivity index (χ3v) is 4.54. The molecule has 130 valence electrons. The highest BCUT2D eigenvalue weighted by Gasteiger charge is 2.44. The van der Waals surface area contributed by atoms with Crippen molar-refractivity contribution in [2.24, 2.45) is 0 Å². The molecule has 23 heavy (non-hydrogen) atoms. The minimum atomic E-state index is -1.44. The summed E-state index contributed by atoms with van der Waals surface area (Å²) in [4.78, 5) is 26.1. The van der Waals surface area contributed by atoms with E-state index in [9.17, 15) is 19.8 Å². The van der Waals surface area contributed by atoms with Gasteiger partial charge in [-0.05, 0) is 0 Å². The third kappa shape index (κ3) is 3.60. The second-order valence-corrected chi connectivity index (χ2v) is 8.17. The average Bonchev–Trinajstić information content (AvgIpc) is 2.77. The van der Waals surface area contributed by atoms with Gasteiger partial charge in [0.15, 0.2) is 6.23 Å². The molecule has 1 aromatic heterocycles. The molecule has 0 bridgehead atoms. The summed E-state index contributed by atoms with van der Waals surface area (Å²) in [5.74, 6) is 0. The summed E-state index contributed by atoms with van der Waals surface area (Å²) in [5, 5.41) is 28.9. The Balaban J connectivity index is 2.48. The summed E-state index contributed by atoms with van der Waals surface area (Å²) in [6, 6.07) is 0. The Bertz CT molecular complexity index is 662. The molecule has 1 fully saturated rings. The van der Waals surface area contributed by atoms with E-state index >= 15 is 0 Å². The lowest BCUT2D eigenvalue weighted by Crippen LogP contribution is -2.39. The fourth-order valence-electron chi connectivity index (χ4n) is 2.37. The van der Waals surface area contributed by atoms with Crippen molar-refractivity contribution in [3.8, 4) is 0 Å². The predicted molar refractivity (Wildman–Crippen MR) is 85.7 cm³/mol. The molecule has 2 heterocycles. The Morgan fingerprint density at radius 2 is 2.04 bits per heavy atom. The Labute approximate surface area is 147 Å². The van der Waals surface area contributed by atoms with Gasteiger partial charge >= 0.3 is 5.69 Å². The van der Waals surface area contributed by atoms with Gasteiger partial charge < -0.3 is 24.8 Å². The van der Waals surface area contributed by atoms with Crippen LogP contribution in [-0.4, -0.2) is 60.6 Å². The number of methoxy groups -OCH3 is 1. The van der Waals surface area contributed by atoms with Crippen LogP contribution in [0.5, 0.6) is 0 Å². The van der Waals surface area contributed by atoms with Crippen molar-refractivity contribution < 1.29 is 24.8 Å². The number of nitrogens with one attached hydrogen (secondary N) is 1. The summed E-state index contributed by atoms with van der Waals surface area (Å²) in [5.41, 5.74) is -1.35. The van der Waals surface area contributed by atoms with E-state index in [1.54, 1.807) is 0 Å². The van der Waals surface area contributed by atoms with Crippen molar-refractivity contribution in [2.75, 3.05) is 13.7 Å². The van der Waals surface area contributed by atoms with Crippen molar-refractivity contribution in [3.63, 3.8) is 0 Å². The molecule has 11 heteroatoms. The summed E-state index contributed by atoms with van der Waals surface area (Å²) < 4.78 is 11.0. The molecule has 5 atom stereocenters. The summed E-state index contributed by atoms with van der Waals surface area (Å²) in [7, 11) is 1.39. The zero-order valence-electron chi connectivity index (χ0n) is 11.9. The van der Waals surface area contributed by atoms with Crippen LogP contribution in [0.25, 0.3) is 0 Å². The van der Waals surface area contributed by atoms with Crippen LogP contribution in [0.2, 0.25) is 0 Å². The zero-order valence-corrected chi connectivity index (χ0v) is 15.1. The number of hydrogen-bond acceptors (Lipinski definition) is 7. The van der Waals surface area contributed by atoms with Crippen LogP contribution in [0.15, 0.2) is 15.8 Å². The minimum absolute atomic E-state index is 0.114. The number of nitrogens with zero attached hydrogens (tertiary/aromatic N) is 1. The SMILES string of the molecule is CO[C@@H](c1cn([C@@H]2O[C@H](CO)[C@@H](O)[C@H]2O)c(=O)[nH]c1=O)C(Br)Br. The topological polar surface area (TPSA) is 134 Å². The van der Waals surface area contributed by atoms with Crippen molar-refractivity contribution >= 4 is 31.9 Å². The Morgan fingerprint density at radius 1 is 1.39 bits per heavy atom. The van der Waals surface area contributed by atoms with E-state index in [0.29, 0.717) is 0 Å². The Morgan fingerprint density at radius 3 is 2.52 bits per heavy atom. The van der Waals surface area contributed by atoms with E-state index in [4.69, 9.17) is 14.6 Å². The quantitative estimate of drug-likeness (QED) is 0.413. The first-order chi connectivity index (χ1) is 10.8. The number of hydrogen-bond donors (Lipinski definition) is 4. The van der Waals surface area contributed by atoms with Gasteiger partial charge in [-0.3, -0.25) is 14.3 Å². The molecule has 1 aromatic rings. The third-order valence-electron chi connectivity index (χ3n) is 3.58. The maximum Gasteiger partial charge on any atom is 0.330 e. The summed E-state index contributed by atoms with van der Waals surface area (Å²) in [6.45, 7) is -0.523. The standard InChI is InChI=1S/C12H16Br2N2O7/c1-22-8(9(13)14)4-2-16(12(21)15-10(4)20)11-7(19)6(18)5(3-17)23-11/h2,5-9,11,17-19H,3H2,1H3,(H,15,20,21)/t5-,6-,7-,8+,11-/m1/s1. The number of H-pyrrole nitrogens is 1. The lowest BCUT2D eigenvalue weighted by molar-refractivity contribution is -0.0554. The molecule has 0 unspecified atom stereocenters. The van der Waals surface area contributed by atoms with Crippen LogP contribution in [0.1, 0.15) is 17.9 Å². The number of rotatable bonds is 5. The zero-order chi connectivity index (χ0) is 17.3. The average molecular weight is 460 g/mol. The summed E-state index contributed by atoms with van der Waals surface area (Å²) >= 11 is 6.48. The number of aliphatic hydroxyl groups excluding tert-OH is 3. The second-order valence-electron chi connectivity index (χ2n) is 4.97. The van der Waals surface area contributed by atoms with Gasteiger partial charge in [0.2, 0.25) is 0 Å². The lowest BCUT2D eigenvalue weighted by Gasteiger charge is -2.21. The highest BCUT2D eigenvalue weighted by Crippen LogP contribution is 2.30. The van der Waals surface area contributed by atoms with Gasteiger partial charge in [-0.1, -0.05) is 31.9 Å². The maximum atomic E-state index is 12.0. The number of halogens is 2. The molecule has 0 radical (unpaired) electrons. The van der Waals surface area contributed by atoms with Gasteiger partial charge in [0.25, 0.3) is 5.56 Å². The van der Waals surface area contributed by atoms with Crippen molar-refractivity contribution in [1.29, 1.82) is 0 Å². The van der Waals surface area contributed by atoms with Crippen molar-refractivity contribution in [3.05, 3.63) is 32.6 Å². The first-order valence-electron chi connectivity index (χ1n) is 6.60. The normalized spacial score (nSPS) is 29.2. The molecular weight excluding hydrogens is 444 g/mol. The first-order valence-corrected chi connectivity index (χ1v) is 8.43. The fourth-order valence-corrected chi connectivity index (χ4v) is 3.37. The fraction of sp³-hybridized carbons (Fsp3) is 0.667. The van der Waals surface area contributed by atoms with E-state index in [1.807, 2.05) is 0 Å². The minimum Gasteiger partial charge on any atom is -0.394 e. The molecule has 1 aliphatic heterocycles. The van der Waals surface area contributed by atoms with Crippen LogP contribution in [-0.2, 0) is 9.47 Å². The van der Waals surface area contributed by atoms with E-state index in [1.165, 1.54) is 13.3 Å². The van der Waals surface area contributed by atoms with Crippen molar-refractivity contribution in [1.82, 2.24) is 9.55 Å². The number of ether oxygens (including phenoxy) is 2. The van der Waals surface area contributed by atoms with Gasteiger partial charge in [-0.25, -0.2) is 4.79 Å². The van der Waals surface area contributed by atoms with Gasteiger partial charge in [-0.2, -0.15) is 0 Å². The van der Waals surface area contributed by atoms with Crippen LogP contribution < -0.4 is 11.2 Å².